The molecule has 0 aromatic heterocycles. The van der Waals surface area contributed by atoms with Crippen molar-refractivity contribution >= 4 is 11.8 Å². The van der Waals surface area contributed by atoms with Crippen LogP contribution in [0.5, 0.6) is 0 Å². The Morgan fingerprint density at radius 1 is 1.86 bits per heavy atom. The normalized spacial score (nSPS) is 8.29. The Morgan fingerprint density at radius 3 is 2.57 bits per heavy atom. The molecule has 0 aliphatic carbocycles. The SMILES string of the molecule is CSCN(C)N=O. The van der Waals surface area contributed by atoms with Gasteiger partial charge in [0.15, 0.2) is 0 Å². The van der Waals surface area contributed by atoms with Crippen molar-refractivity contribution in [1.29, 1.82) is 0 Å². The molecule has 0 aliphatic heterocycles. The summed E-state index contributed by atoms with van der Waals surface area (Å²) in [6.45, 7) is 0. The molecule has 4 heteroatoms. The van der Waals surface area contributed by atoms with Crippen molar-refractivity contribution in [3.8, 4) is 0 Å². The zero-order valence-corrected chi connectivity index (χ0v) is 5.23. The lowest BCUT2D eigenvalue weighted by Crippen LogP contribution is -2.06. The summed E-state index contributed by atoms with van der Waals surface area (Å²) in [6, 6.07) is 0. The number of hydrogen-bond acceptors (Lipinski definition) is 3. The highest BCUT2D eigenvalue weighted by molar-refractivity contribution is 7.98. The molecular formula is C3H8N2OS. The molecule has 0 amide bonds. The van der Waals surface area contributed by atoms with Crippen molar-refractivity contribution in [3.05, 3.63) is 4.91 Å². The third-order valence-electron chi connectivity index (χ3n) is 0.455. The number of rotatable bonds is 3. The van der Waals surface area contributed by atoms with Gasteiger partial charge >= 0.3 is 0 Å². The Kier molecular flexibility index (Phi) is 3.78. The van der Waals surface area contributed by atoms with Crippen LogP contribution >= 0.6 is 11.8 Å². The summed E-state index contributed by atoms with van der Waals surface area (Å²) >= 11 is 1.57. The van der Waals surface area contributed by atoms with E-state index in [1.165, 1.54) is 5.01 Å². The maximum atomic E-state index is 9.56. The van der Waals surface area contributed by atoms with Crippen LogP contribution in [0.25, 0.3) is 0 Å². The lowest BCUT2D eigenvalue weighted by molar-refractivity contribution is 0.414. The van der Waals surface area contributed by atoms with E-state index in [1.54, 1.807) is 18.8 Å². The van der Waals surface area contributed by atoms with E-state index in [1.807, 2.05) is 6.26 Å². The van der Waals surface area contributed by atoms with Crippen molar-refractivity contribution in [2.45, 2.75) is 0 Å². The number of nitroso groups, excluding NO2 is 1. The van der Waals surface area contributed by atoms with E-state index in [4.69, 9.17) is 0 Å². The van der Waals surface area contributed by atoms with Gasteiger partial charge in [0.1, 0.15) is 0 Å². The number of nitrogens with zero attached hydrogens (tertiary/aromatic N) is 2. The van der Waals surface area contributed by atoms with Crippen LogP contribution in [0.1, 0.15) is 0 Å². The maximum Gasteiger partial charge on any atom is 0.0840 e. The molecule has 42 valence electrons. The minimum Gasteiger partial charge on any atom is -0.254 e. The zero-order chi connectivity index (χ0) is 5.70. The van der Waals surface area contributed by atoms with Gasteiger partial charge in [0, 0.05) is 7.05 Å². The van der Waals surface area contributed by atoms with E-state index >= 15 is 0 Å². The van der Waals surface area contributed by atoms with Crippen LogP contribution in [0.2, 0.25) is 0 Å². The smallest absolute Gasteiger partial charge is 0.0840 e. The van der Waals surface area contributed by atoms with E-state index in [9.17, 15) is 4.91 Å². The first-order valence-electron chi connectivity index (χ1n) is 1.84. The van der Waals surface area contributed by atoms with Gasteiger partial charge in [-0.05, 0) is 6.26 Å². The number of hydrogen-bond donors (Lipinski definition) is 0. The Labute approximate surface area is 47.0 Å². The summed E-state index contributed by atoms with van der Waals surface area (Å²) in [5, 5.41) is 3.98. The van der Waals surface area contributed by atoms with Crippen LogP contribution in [0.15, 0.2) is 5.29 Å². The van der Waals surface area contributed by atoms with Crippen molar-refractivity contribution in [1.82, 2.24) is 5.01 Å². The van der Waals surface area contributed by atoms with Crippen molar-refractivity contribution in [2.75, 3.05) is 19.2 Å². The van der Waals surface area contributed by atoms with Gasteiger partial charge in [-0.15, -0.1) is 16.7 Å². The highest BCUT2D eigenvalue weighted by Gasteiger charge is 1.86. The third kappa shape index (κ3) is 3.58. The lowest BCUT2D eigenvalue weighted by Gasteiger charge is -2.02. The first-order valence-corrected chi connectivity index (χ1v) is 3.24. The highest BCUT2D eigenvalue weighted by Crippen LogP contribution is 1.93. The second kappa shape index (κ2) is 3.92. The van der Waals surface area contributed by atoms with Gasteiger partial charge in [-0.3, -0.25) is 5.01 Å². The highest BCUT2D eigenvalue weighted by atomic mass is 32.2. The molecule has 0 bridgehead atoms. The average molecular weight is 120 g/mol. The molecule has 0 saturated carbocycles. The third-order valence-corrected chi connectivity index (χ3v) is 1.09. The van der Waals surface area contributed by atoms with Crippen molar-refractivity contribution in [2.24, 2.45) is 5.29 Å². The Morgan fingerprint density at radius 2 is 2.43 bits per heavy atom. The fraction of sp³-hybridized carbons (Fsp3) is 1.00. The van der Waals surface area contributed by atoms with E-state index in [0.717, 1.165) is 0 Å². The predicted octanol–water partition coefficient (Wildman–Crippen LogP) is 0.920. The molecule has 0 aliphatic rings. The van der Waals surface area contributed by atoms with Crippen LogP contribution in [0.4, 0.5) is 0 Å². The molecule has 0 unspecified atom stereocenters. The summed E-state index contributed by atoms with van der Waals surface area (Å²) in [5.41, 5.74) is 0. The van der Waals surface area contributed by atoms with E-state index in [-0.39, 0.29) is 0 Å². The molecule has 3 nitrogen and oxygen atoms in total. The minimum absolute atomic E-state index is 0.670. The second-order valence-electron chi connectivity index (χ2n) is 1.16. The van der Waals surface area contributed by atoms with Crippen LogP contribution in [-0.4, -0.2) is 24.2 Å². The monoisotopic (exact) mass is 120 g/mol. The molecule has 0 aromatic rings. The molecule has 7 heavy (non-hydrogen) atoms. The molecule has 0 spiro atoms. The summed E-state index contributed by atoms with van der Waals surface area (Å²) in [7, 11) is 1.64. The predicted molar refractivity (Wildman–Crippen MR) is 31.9 cm³/mol. The van der Waals surface area contributed by atoms with E-state index < -0.39 is 0 Å². The Balaban J connectivity index is 2.98. The molecule has 0 N–H and O–H groups in total. The Hall–Kier alpha value is -0.250. The first kappa shape index (κ1) is 6.75. The topological polar surface area (TPSA) is 32.7 Å². The fourth-order valence-corrected chi connectivity index (χ4v) is 0.631. The molecular weight excluding hydrogens is 112 g/mol. The summed E-state index contributed by atoms with van der Waals surface area (Å²) in [5.74, 6) is 0.670. The quantitative estimate of drug-likeness (QED) is 0.315. The molecule has 0 saturated heterocycles. The average Bonchev–Trinajstić information content (AvgIpc) is 1.68. The molecule has 0 fully saturated rings. The van der Waals surface area contributed by atoms with Crippen LogP contribution in [-0.2, 0) is 0 Å². The van der Waals surface area contributed by atoms with Gasteiger partial charge in [0.05, 0.1) is 11.2 Å². The first-order chi connectivity index (χ1) is 3.31. The zero-order valence-electron chi connectivity index (χ0n) is 4.42. The van der Waals surface area contributed by atoms with Crippen molar-refractivity contribution in [3.63, 3.8) is 0 Å². The van der Waals surface area contributed by atoms with Gasteiger partial charge in [-0.2, -0.15) is 0 Å². The molecule has 0 rings (SSSR count). The summed E-state index contributed by atoms with van der Waals surface area (Å²) in [4.78, 5) is 9.56. The standard InChI is InChI=1S/C3H8N2OS/c1-5(4-6)3-7-2/h3H2,1-2H3. The van der Waals surface area contributed by atoms with E-state index in [0.29, 0.717) is 5.88 Å². The van der Waals surface area contributed by atoms with Crippen LogP contribution in [0, 0.1) is 4.91 Å². The molecule has 0 atom stereocenters. The van der Waals surface area contributed by atoms with Gasteiger partial charge in [0.2, 0.25) is 0 Å². The van der Waals surface area contributed by atoms with Crippen molar-refractivity contribution < 1.29 is 0 Å². The van der Waals surface area contributed by atoms with Gasteiger partial charge in [-0.1, -0.05) is 0 Å². The van der Waals surface area contributed by atoms with Gasteiger partial charge in [-0.25, -0.2) is 0 Å². The lowest BCUT2D eigenvalue weighted by atomic mass is 11.2. The van der Waals surface area contributed by atoms with Crippen LogP contribution in [0.3, 0.4) is 0 Å². The number of thioether (sulfide) groups is 1. The van der Waals surface area contributed by atoms with E-state index in [2.05, 4.69) is 5.29 Å². The second-order valence-corrected chi connectivity index (χ2v) is 1.99. The molecule has 0 aromatic carbocycles. The van der Waals surface area contributed by atoms with Crippen LogP contribution < -0.4 is 0 Å². The Bertz CT molecular complexity index is 58.9. The molecule has 0 heterocycles. The van der Waals surface area contributed by atoms with Gasteiger partial charge < -0.3 is 0 Å². The largest absolute Gasteiger partial charge is 0.254 e. The summed E-state index contributed by atoms with van der Waals surface area (Å²) in [6.07, 6.45) is 1.92. The fourth-order valence-electron chi connectivity index (χ4n) is 0.210. The maximum absolute atomic E-state index is 9.56. The van der Waals surface area contributed by atoms with Gasteiger partial charge in [0.25, 0.3) is 0 Å². The minimum atomic E-state index is 0.670. The summed E-state index contributed by atoms with van der Waals surface area (Å²) < 4.78 is 0. The molecule has 0 radical (unpaired) electrons.